The van der Waals surface area contributed by atoms with Crippen LogP contribution in [0.15, 0.2) is 11.1 Å². The van der Waals surface area contributed by atoms with Gasteiger partial charge in [0.25, 0.3) is 0 Å². The zero-order valence-electron chi connectivity index (χ0n) is 4.60. The van der Waals surface area contributed by atoms with Crippen molar-refractivity contribution in [3.05, 3.63) is 11.1 Å². The Kier molecular flexibility index (Phi) is 1.58. The Hall–Kier alpha value is -0.440. The molecule has 0 saturated heterocycles. The number of nitrogens with one attached hydrogen (secondary N) is 1. The molecule has 1 heterocycles. The smallest absolute Gasteiger partial charge is 0.234 e. The van der Waals surface area contributed by atoms with Crippen LogP contribution in [0.3, 0.4) is 0 Å². The first-order valence-corrected chi connectivity index (χ1v) is 3.42. The molecule has 0 bridgehead atoms. The van der Waals surface area contributed by atoms with Gasteiger partial charge in [-0.2, -0.15) is 0 Å². The molecule has 0 aromatic rings. The van der Waals surface area contributed by atoms with Gasteiger partial charge in [-0.3, -0.25) is 4.79 Å². The van der Waals surface area contributed by atoms with Crippen LogP contribution in [0.4, 0.5) is 0 Å². The summed E-state index contributed by atoms with van der Waals surface area (Å²) in [5, 5.41) is 4.63. The fraction of sp³-hybridized carbons (Fsp3) is 0.400. The number of thioether (sulfide) groups is 1. The van der Waals surface area contributed by atoms with Gasteiger partial charge >= 0.3 is 0 Å². The molecule has 1 rings (SSSR count). The van der Waals surface area contributed by atoms with Gasteiger partial charge < -0.3 is 5.32 Å². The maximum Gasteiger partial charge on any atom is 0.234 e. The second-order valence-corrected chi connectivity index (χ2v) is 2.52. The fourth-order valence-electron chi connectivity index (χ4n) is 0.528. The van der Waals surface area contributed by atoms with Crippen molar-refractivity contribution in [1.29, 1.82) is 0 Å². The highest BCUT2D eigenvalue weighted by Gasteiger charge is 2.04. The minimum absolute atomic E-state index is 0.106. The zero-order valence-corrected chi connectivity index (χ0v) is 5.42. The highest BCUT2D eigenvalue weighted by molar-refractivity contribution is 8.02. The van der Waals surface area contributed by atoms with Crippen molar-refractivity contribution in [3.63, 3.8) is 0 Å². The molecule has 2 nitrogen and oxygen atoms in total. The molecule has 1 amide bonds. The number of amides is 1. The zero-order chi connectivity index (χ0) is 5.98. The molecule has 3 heteroatoms. The van der Waals surface area contributed by atoms with Crippen molar-refractivity contribution in [2.24, 2.45) is 0 Å². The van der Waals surface area contributed by atoms with E-state index >= 15 is 0 Å². The van der Waals surface area contributed by atoms with Gasteiger partial charge in [-0.15, -0.1) is 11.8 Å². The summed E-state index contributed by atoms with van der Waals surface area (Å²) < 4.78 is 0. The molecular formula is C5H7NOS. The Morgan fingerprint density at radius 1 is 1.88 bits per heavy atom. The quantitative estimate of drug-likeness (QED) is 0.522. The Balaban J connectivity index is 2.57. The molecule has 0 radical (unpaired) electrons. The van der Waals surface area contributed by atoms with Gasteiger partial charge in [0.1, 0.15) is 0 Å². The second kappa shape index (κ2) is 2.22. The van der Waals surface area contributed by atoms with Gasteiger partial charge in [0, 0.05) is 5.70 Å². The minimum atomic E-state index is 0.106. The SMILES string of the molecule is CC1=CSCC(=O)N1. The van der Waals surface area contributed by atoms with Crippen LogP contribution in [0.25, 0.3) is 0 Å². The van der Waals surface area contributed by atoms with Crippen molar-refractivity contribution in [3.8, 4) is 0 Å². The van der Waals surface area contributed by atoms with Gasteiger partial charge in [-0.05, 0) is 12.3 Å². The number of carbonyl (C=O) groups is 1. The van der Waals surface area contributed by atoms with Crippen molar-refractivity contribution >= 4 is 17.7 Å². The Morgan fingerprint density at radius 2 is 2.62 bits per heavy atom. The van der Waals surface area contributed by atoms with Crippen molar-refractivity contribution in [2.45, 2.75) is 6.92 Å². The van der Waals surface area contributed by atoms with Gasteiger partial charge in [0.15, 0.2) is 0 Å². The van der Waals surface area contributed by atoms with Gasteiger partial charge in [0.05, 0.1) is 5.75 Å². The third kappa shape index (κ3) is 1.26. The summed E-state index contributed by atoms with van der Waals surface area (Å²) in [5.74, 6) is 0.673. The Morgan fingerprint density at radius 3 is 3.00 bits per heavy atom. The highest BCUT2D eigenvalue weighted by Crippen LogP contribution is 2.09. The Bertz CT molecular complexity index is 141. The van der Waals surface area contributed by atoms with Gasteiger partial charge in [-0.25, -0.2) is 0 Å². The summed E-state index contributed by atoms with van der Waals surface area (Å²) in [6, 6.07) is 0. The molecule has 0 aromatic carbocycles. The lowest BCUT2D eigenvalue weighted by molar-refractivity contribution is -0.117. The van der Waals surface area contributed by atoms with E-state index in [-0.39, 0.29) is 5.91 Å². The van der Waals surface area contributed by atoms with Crippen molar-refractivity contribution < 1.29 is 4.79 Å². The van der Waals surface area contributed by atoms with Crippen LogP contribution >= 0.6 is 11.8 Å². The minimum Gasteiger partial charge on any atom is -0.329 e. The number of hydrogen-bond acceptors (Lipinski definition) is 2. The van der Waals surface area contributed by atoms with Crippen LogP contribution in [0.1, 0.15) is 6.92 Å². The predicted molar refractivity (Wildman–Crippen MR) is 34.4 cm³/mol. The van der Waals surface area contributed by atoms with E-state index in [1.807, 2.05) is 12.3 Å². The lowest BCUT2D eigenvalue weighted by Gasteiger charge is -2.08. The maximum absolute atomic E-state index is 10.5. The maximum atomic E-state index is 10.5. The van der Waals surface area contributed by atoms with Crippen LogP contribution in [0.5, 0.6) is 0 Å². The van der Waals surface area contributed by atoms with E-state index in [0.29, 0.717) is 5.75 Å². The molecule has 8 heavy (non-hydrogen) atoms. The molecule has 0 spiro atoms. The third-order valence-corrected chi connectivity index (χ3v) is 1.76. The van der Waals surface area contributed by atoms with E-state index in [0.717, 1.165) is 5.70 Å². The van der Waals surface area contributed by atoms with Crippen LogP contribution in [0, 0.1) is 0 Å². The average Bonchev–Trinajstić information content (AvgIpc) is 1.64. The first-order valence-electron chi connectivity index (χ1n) is 2.37. The molecule has 0 atom stereocenters. The van der Waals surface area contributed by atoms with Crippen molar-refractivity contribution in [2.75, 3.05) is 5.75 Å². The summed E-state index contributed by atoms with van der Waals surface area (Å²) in [6.45, 7) is 1.88. The predicted octanol–water partition coefficient (Wildman–Crippen LogP) is 0.711. The van der Waals surface area contributed by atoms with Gasteiger partial charge in [-0.1, -0.05) is 0 Å². The van der Waals surface area contributed by atoms with Crippen LogP contribution in [-0.4, -0.2) is 11.7 Å². The number of carbonyl (C=O) groups excluding carboxylic acids is 1. The molecule has 0 saturated carbocycles. The highest BCUT2D eigenvalue weighted by atomic mass is 32.2. The number of rotatable bonds is 0. The largest absolute Gasteiger partial charge is 0.329 e. The number of hydrogen-bond donors (Lipinski definition) is 1. The molecule has 1 aliphatic heterocycles. The van der Waals surface area contributed by atoms with Crippen LogP contribution < -0.4 is 5.32 Å². The first kappa shape index (κ1) is 5.69. The summed E-state index contributed by atoms with van der Waals surface area (Å²) in [7, 11) is 0. The lowest BCUT2D eigenvalue weighted by Crippen LogP contribution is -2.25. The number of allylic oxidation sites excluding steroid dienone is 1. The monoisotopic (exact) mass is 129 g/mol. The average molecular weight is 129 g/mol. The first-order chi connectivity index (χ1) is 3.79. The molecule has 0 unspecified atom stereocenters. The molecular weight excluding hydrogens is 122 g/mol. The van der Waals surface area contributed by atoms with E-state index in [9.17, 15) is 4.79 Å². The normalized spacial score (nSPS) is 19.6. The molecule has 1 aliphatic rings. The van der Waals surface area contributed by atoms with E-state index < -0.39 is 0 Å². The molecule has 0 aliphatic carbocycles. The summed E-state index contributed by atoms with van der Waals surface area (Å²) in [4.78, 5) is 10.5. The standard InChI is InChI=1S/C5H7NOS/c1-4-2-8-3-5(7)6-4/h2H,3H2,1H3,(H,6,7). The second-order valence-electron chi connectivity index (χ2n) is 1.66. The van der Waals surface area contributed by atoms with E-state index in [1.165, 1.54) is 11.8 Å². The Labute approximate surface area is 52.3 Å². The van der Waals surface area contributed by atoms with Crippen LogP contribution in [0.2, 0.25) is 0 Å². The van der Waals surface area contributed by atoms with Crippen molar-refractivity contribution in [1.82, 2.24) is 5.32 Å². The molecule has 0 fully saturated rings. The summed E-state index contributed by atoms with van der Waals surface area (Å²) in [5.41, 5.74) is 0.950. The van der Waals surface area contributed by atoms with E-state index in [1.54, 1.807) is 0 Å². The van der Waals surface area contributed by atoms with E-state index in [2.05, 4.69) is 5.32 Å². The molecule has 44 valence electrons. The lowest BCUT2D eigenvalue weighted by atomic mass is 10.5. The van der Waals surface area contributed by atoms with E-state index in [4.69, 9.17) is 0 Å². The molecule has 1 N–H and O–H groups in total. The van der Waals surface area contributed by atoms with Gasteiger partial charge in [0.2, 0.25) is 5.91 Å². The third-order valence-electron chi connectivity index (χ3n) is 0.811. The fourth-order valence-corrected chi connectivity index (χ4v) is 1.14. The summed E-state index contributed by atoms with van der Waals surface area (Å²) >= 11 is 1.54. The van der Waals surface area contributed by atoms with Crippen LogP contribution in [-0.2, 0) is 4.79 Å². The summed E-state index contributed by atoms with van der Waals surface area (Å²) in [6.07, 6.45) is 0. The topological polar surface area (TPSA) is 29.1 Å². The molecule has 0 aromatic heterocycles.